The minimum Gasteiger partial charge on any atom is -0.451 e. The molecule has 0 spiro atoms. The van der Waals surface area contributed by atoms with E-state index < -0.39 is 98.9 Å². The molecular weight excluding hydrogens is 559 g/mol. The molecule has 0 unspecified atom stereocenters. The summed E-state index contributed by atoms with van der Waals surface area (Å²) >= 11 is 0. The second-order valence-corrected chi connectivity index (χ2v) is 7.33. The van der Waals surface area contributed by atoms with Gasteiger partial charge in [-0.15, -0.1) is 0 Å². The first-order valence-corrected chi connectivity index (χ1v) is 9.49. The zero-order valence-electron chi connectivity index (χ0n) is 17.8. The third-order valence-electron chi connectivity index (χ3n) is 4.65. The molecule has 3 aromatic rings. The number of nitrogens with two attached hydrogens (primary N) is 2. The first kappa shape index (κ1) is 28.5. The van der Waals surface area contributed by atoms with Crippen LogP contribution >= 0.6 is 0 Å². The lowest BCUT2D eigenvalue weighted by Crippen LogP contribution is -2.12. The average molecular weight is 568 g/mol. The van der Waals surface area contributed by atoms with Gasteiger partial charge in [0.1, 0.15) is 0 Å². The number of benzene rings is 3. The molecule has 0 amide bonds. The highest BCUT2D eigenvalue weighted by Crippen LogP contribution is 2.46. The lowest BCUT2D eigenvalue weighted by atomic mass is 10.1. The molecule has 0 heterocycles. The molecule has 17 heteroatoms. The molecule has 3 rings (SSSR count). The normalized spacial score (nSPS) is 12.6. The van der Waals surface area contributed by atoms with E-state index in [1.54, 1.807) is 0 Å². The maximum absolute atomic E-state index is 15.0. The van der Waals surface area contributed by atoms with Crippen molar-refractivity contribution in [3.8, 4) is 23.0 Å². The molecule has 206 valence electrons. The number of rotatable bonds is 4. The van der Waals surface area contributed by atoms with Crippen LogP contribution in [-0.2, 0) is 18.5 Å². The Morgan fingerprint density at radius 2 is 0.868 bits per heavy atom. The van der Waals surface area contributed by atoms with E-state index in [2.05, 4.69) is 9.47 Å². The smallest absolute Gasteiger partial charge is 0.419 e. The van der Waals surface area contributed by atoms with Crippen molar-refractivity contribution in [3.05, 3.63) is 70.3 Å². The maximum atomic E-state index is 15.0. The zero-order chi connectivity index (χ0) is 29.0. The van der Waals surface area contributed by atoms with Crippen LogP contribution < -0.4 is 20.9 Å². The van der Waals surface area contributed by atoms with Crippen molar-refractivity contribution in [2.75, 3.05) is 11.5 Å². The first-order valence-electron chi connectivity index (χ1n) is 9.49. The van der Waals surface area contributed by atoms with Crippen molar-refractivity contribution in [2.45, 2.75) is 18.5 Å². The summed E-state index contributed by atoms with van der Waals surface area (Å²) in [6, 6.07) is -0.603. The molecule has 0 fully saturated rings. The predicted molar refractivity (Wildman–Crippen MR) is 103 cm³/mol. The number of nitrogen functional groups attached to an aromatic ring is 2. The van der Waals surface area contributed by atoms with Crippen LogP contribution in [0.4, 0.5) is 68.5 Å². The van der Waals surface area contributed by atoms with E-state index in [1.807, 2.05) is 0 Å². The molecule has 0 saturated heterocycles. The van der Waals surface area contributed by atoms with Gasteiger partial charge in [0.25, 0.3) is 0 Å². The van der Waals surface area contributed by atoms with Crippen molar-refractivity contribution in [1.82, 2.24) is 0 Å². The summed E-state index contributed by atoms with van der Waals surface area (Å²) in [6.07, 6.45) is -16.1. The highest BCUT2D eigenvalue weighted by Gasteiger charge is 2.40. The van der Waals surface area contributed by atoms with E-state index in [4.69, 9.17) is 11.5 Å². The van der Waals surface area contributed by atoms with Gasteiger partial charge in [-0.25, -0.2) is 13.2 Å². The molecule has 0 aliphatic rings. The van der Waals surface area contributed by atoms with Gasteiger partial charge in [0.05, 0.1) is 28.1 Å². The molecule has 0 atom stereocenters. The highest BCUT2D eigenvalue weighted by molar-refractivity contribution is 5.55. The van der Waals surface area contributed by atoms with Crippen molar-refractivity contribution in [2.24, 2.45) is 0 Å². The Kier molecular flexibility index (Phi) is 7.02. The van der Waals surface area contributed by atoms with Gasteiger partial charge in [0.2, 0.25) is 11.6 Å². The Morgan fingerprint density at radius 3 is 1.26 bits per heavy atom. The largest absolute Gasteiger partial charge is 0.451 e. The van der Waals surface area contributed by atoms with Crippen LogP contribution in [0.2, 0.25) is 0 Å². The lowest BCUT2D eigenvalue weighted by molar-refractivity contribution is -0.140. The molecular formula is C21H9F13N2O2. The quantitative estimate of drug-likeness (QED) is 0.247. The van der Waals surface area contributed by atoms with Crippen LogP contribution in [0.15, 0.2) is 30.3 Å². The highest BCUT2D eigenvalue weighted by atomic mass is 19.4. The van der Waals surface area contributed by atoms with Gasteiger partial charge >= 0.3 is 18.5 Å². The van der Waals surface area contributed by atoms with E-state index in [-0.39, 0.29) is 24.3 Å². The zero-order valence-corrected chi connectivity index (χ0v) is 17.8. The predicted octanol–water partition coefficient (Wildman–Crippen LogP) is 8.05. The molecule has 0 saturated carbocycles. The summed E-state index contributed by atoms with van der Waals surface area (Å²) in [5.41, 5.74) is 1.82. The first-order chi connectivity index (χ1) is 17.2. The molecule has 0 aliphatic heterocycles. The minimum absolute atomic E-state index is 0.0520. The van der Waals surface area contributed by atoms with Crippen LogP contribution in [0.5, 0.6) is 23.0 Å². The number of hydrogen-bond acceptors (Lipinski definition) is 4. The fraction of sp³-hybridized carbons (Fsp3) is 0.143. The average Bonchev–Trinajstić information content (AvgIpc) is 2.76. The SMILES string of the molecule is Nc1cc(C(F)(F)F)cc(Oc2cc(C(F)(F)F)c(F)c(Oc3cc(C(F)(F)F)cc(N)c3F)c2F)c1F. The van der Waals surface area contributed by atoms with Crippen LogP contribution in [-0.4, -0.2) is 0 Å². The fourth-order valence-electron chi connectivity index (χ4n) is 2.90. The Bertz CT molecular complexity index is 1400. The fourth-order valence-corrected chi connectivity index (χ4v) is 2.90. The molecule has 3 aromatic carbocycles. The van der Waals surface area contributed by atoms with E-state index in [1.165, 1.54) is 0 Å². The number of ether oxygens (including phenoxy) is 2. The third-order valence-corrected chi connectivity index (χ3v) is 4.65. The summed E-state index contributed by atoms with van der Waals surface area (Å²) in [5.74, 6) is -15.9. The van der Waals surface area contributed by atoms with Gasteiger partial charge < -0.3 is 20.9 Å². The van der Waals surface area contributed by atoms with Gasteiger partial charge in [-0.05, 0) is 30.3 Å². The van der Waals surface area contributed by atoms with Crippen LogP contribution in [0.1, 0.15) is 16.7 Å². The van der Waals surface area contributed by atoms with Crippen molar-refractivity contribution in [1.29, 1.82) is 0 Å². The van der Waals surface area contributed by atoms with Crippen LogP contribution in [0.3, 0.4) is 0 Å². The second kappa shape index (κ2) is 9.36. The summed E-state index contributed by atoms with van der Waals surface area (Å²) in [4.78, 5) is 0. The Labute approximate surface area is 202 Å². The minimum atomic E-state index is -5.70. The molecule has 0 bridgehead atoms. The summed E-state index contributed by atoms with van der Waals surface area (Å²) in [5, 5.41) is 0. The topological polar surface area (TPSA) is 70.5 Å². The molecule has 0 aliphatic carbocycles. The lowest BCUT2D eigenvalue weighted by Gasteiger charge is -2.18. The van der Waals surface area contributed by atoms with Crippen molar-refractivity contribution >= 4 is 11.4 Å². The van der Waals surface area contributed by atoms with E-state index in [0.29, 0.717) is 0 Å². The van der Waals surface area contributed by atoms with Crippen molar-refractivity contribution < 1.29 is 66.5 Å². The molecule has 0 aromatic heterocycles. The Hall–Kier alpha value is -4.05. The van der Waals surface area contributed by atoms with E-state index in [0.717, 1.165) is 0 Å². The van der Waals surface area contributed by atoms with Gasteiger partial charge in [-0.3, -0.25) is 0 Å². The Balaban J connectivity index is 2.24. The Morgan fingerprint density at radius 1 is 0.474 bits per heavy atom. The van der Waals surface area contributed by atoms with Gasteiger partial charge in [-0.2, -0.15) is 43.9 Å². The van der Waals surface area contributed by atoms with Crippen LogP contribution in [0, 0.1) is 23.3 Å². The van der Waals surface area contributed by atoms with E-state index >= 15 is 0 Å². The molecule has 0 radical (unpaired) electrons. The molecule has 38 heavy (non-hydrogen) atoms. The van der Waals surface area contributed by atoms with Gasteiger partial charge in [-0.1, -0.05) is 0 Å². The van der Waals surface area contributed by atoms with Crippen LogP contribution in [0.25, 0.3) is 0 Å². The number of hydrogen-bond donors (Lipinski definition) is 2. The molecule has 4 N–H and O–H groups in total. The van der Waals surface area contributed by atoms with Crippen molar-refractivity contribution in [3.63, 3.8) is 0 Å². The number of alkyl halides is 9. The number of halogens is 13. The standard InChI is InChI=1S/C21H9F13N2O2/c22-14-8(21(32,33)34)5-13(37-11-3-6(19(26,27)28)1-9(35)15(11)23)17(25)18(14)38-12-4-7(20(29,30)31)2-10(36)16(12)24/h1-5H,35-36H2. The summed E-state index contributed by atoms with van der Waals surface area (Å²) in [6.45, 7) is 0. The number of anilines is 2. The maximum Gasteiger partial charge on any atom is 0.419 e. The molecule has 4 nitrogen and oxygen atoms in total. The van der Waals surface area contributed by atoms with E-state index in [9.17, 15) is 57.1 Å². The summed E-state index contributed by atoms with van der Waals surface area (Å²) < 4.78 is 185. The van der Waals surface area contributed by atoms with Gasteiger partial charge in [0, 0.05) is 0 Å². The van der Waals surface area contributed by atoms with Gasteiger partial charge in [0.15, 0.2) is 34.7 Å². The second-order valence-electron chi connectivity index (χ2n) is 7.33. The summed E-state index contributed by atoms with van der Waals surface area (Å²) in [7, 11) is 0. The monoisotopic (exact) mass is 568 g/mol. The third kappa shape index (κ3) is 5.60.